The van der Waals surface area contributed by atoms with Crippen LogP contribution in [0.5, 0.6) is 0 Å². The van der Waals surface area contributed by atoms with Crippen molar-refractivity contribution in [3.63, 3.8) is 0 Å². The molecule has 0 spiro atoms. The van der Waals surface area contributed by atoms with E-state index in [1.165, 1.54) is 23.2 Å². The molecule has 146 valence electrons. The highest BCUT2D eigenvalue weighted by Gasteiger charge is 2.35. The van der Waals surface area contributed by atoms with Crippen molar-refractivity contribution in [2.45, 2.75) is 49.7 Å². The summed E-state index contributed by atoms with van der Waals surface area (Å²) in [6.45, 7) is 5.06. The fourth-order valence-corrected chi connectivity index (χ4v) is 5.34. The first-order valence-electron chi connectivity index (χ1n) is 9.09. The van der Waals surface area contributed by atoms with Crippen LogP contribution in [-0.2, 0) is 16.2 Å². The lowest BCUT2D eigenvalue weighted by Crippen LogP contribution is -2.48. The Morgan fingerprint density at radius 1 is 1.00 bits per heavy atom. The zero-order valence-corrected chi connectivity index (χ0v) is 15.7. The number of hydrogen-bond acceptors (Lipinski definition) is 3. The minimum Gasteiger partial charge on any atom is -0.300 e. The molecule has 0 aliphatic carbocycles. The lowest BCUT2D eigenvalue weighted by molar-refractivity contribution is -0.137. The number of benzene rings is 1. The number of likely N-dealkylation sites (tertiary alicyclic amines) is 1. The third kappa shape index (κ3) is 4.23. The van der Waals surface area contributed by atoms with Crippen LogP contribution in [0, 0.1) is 5.92 Å². The first-order valence-corrected chi connectivity index (χ1v) is 10.5. The Kier molecular flexibility index (Phi) is 5.65. The molecule has 4 nitrogen and oxygen atoms in total. The molecule has 1 aromatic rings. The van der Waals surface area contributed by atoms with Crippen molar-refractivity contribution >= 4 is 10.0 Å². The van der Waals surface area contributed by atoms with E-state index in [-0.39, 0.29) is 4.90 Å². The summed E-state index contributed by atoms with van der Waals surface area (Å²) in [6.07, 6.45) is -0.755. The predicted octanol–water partition coefficient (Wildman–Crippen LogP) is 3.59. The van der Waals surface area contributed by atoms with Gasteiger partial charge in [-0.3, -0.25) is 0 Å². The van der Waals surface area contributed by atoms with Gasteiger partial charge in [-0.05, 0) is 62.9 Å². The monoisotopic (exact) mass is 390 g/mol. The van der Waals surface area contributed by atoms with Crippen molar-refractivity contribution in [3.05, 3.63) is 29.8 Å². The fourth-order valence-electron chi connectivity index (χ4n) is 3.82. The summed E-state index contributed by atoms with van der Waals surface area (Å²) in [5, 5.41) is 0. The largest absolute Gasteiger partial charge is 0.416 e. The Morgan fingerprint density at radius 2 is 1.62 bits per heavy atom. The molecule has 2 heterocycles. The van der Waals surface area contributed by atoms with Crippen LogP contribution in [0.1, 0.15) is 38.2 Å². The van der Waals surface area contributed by atoms with Crippen LogP contribution < -0.4 is 0 Å². The van der Waals surface area contributed by atoms with Gasteiger partial charge in [-0.2, -0.15) is 17.5 Å². The molecule has 0 aromatic heterocycles. The molecular formula is C18H25F3N2O2S. The van der Waals surface area contributed by atoms with E-state index in [1.807, 2.05) is 0 Å². The van der Waals surface area contributed by atoms with Gasteiger partial charge < -0.3 is 4.90 Å². The van der Waals surface area contributed by atoms with Crippen LogP contribution in [0.4, 0.5) is 13.2 Å². The number of nitrogens with zero attached hydrogens (tertiary/aromatic N) is 2. The molecule has 0 radical (unpaired) electrons. The first kappa shape index (κ1) is 19.6. The summed E-state index contributed by atoms with van der Waals surface area (Å²) in [6, 6.07) is 4.38. The lowest BCUT2D eigenvalue weighted by atomic mass is 9.95. The van der Waals surface area contributed by atoms with Gasteiger partial charge >= 0.3 is 6.18 Å². The quantitative estimate of drug-likeness (QED) is 0.792. The average molecular weight is 390 g/mol. The molecule has 2 aliphatic rings. The van der Waals surface area contributed by atoms with Gasteiger partial charge in [0.2, 0.25) is 10.0 Å². The molecule has 0 amide bonds. The van der Waals surface area contributed by atoms with Gasteiger partial charge in [0.15, 0.2) is 0 Å². The summed E-state index contributed by atoms with van der Waals surface area (Å²) >= 11 is 0. The Bertz CT molecular complexity index is 720. The maximum Gasteiger partial charge on any atom is 0.416 e. The SMILES string of the molecule is CC1CCN(C2CCN(S(=O)(=O)c3cccc(C(F)(F)F)c3)CC2)CC1. The van der Waals surface area contributed by atoms with Gasteiger partial charge in [0.25, 0.3) is 0 Å². The van der Waals surface area contributed by atoms with Gasteiger partial charge in [0.05, 0.1) is 10.5 Å². The Morgan fingerprint density at radius 3 is 2.19 bits per heavy atom. The number of halogens is 3. The molecule has 0 N–H and O–H groups in total. The fraction of sp³-hybridized carbons (Fsp3) is 0.667. The molecule has 0 unspecified atom stereocenters. The molecule has 8 heteroatoms. The summed E-state index contributed by atoms with van der Waals surface area (Å²) in [4.78, 5) is 2.16. The maximum absolute atomic E-state index is 12.9. The van der Waals surface area contributed by atoms with Gasteiger partial charge in [-0.1, -0.05) is 13.0 Å². The average Bonchev–Trinajstić information content (AvgIpc) is 2.62. The van der Waals surface area contributed by atoms with Crippen molar-refractivity contribution in [3.8, 4) is 0 Å². The normalized spacial score (nSPS) is 22.6. The summed E-state index contributed by atoms with van der Waals surface area (Å²) in [5.74, 6) is 0.743. The predicted molar refractivity (Wildman–Crippen MR) is 93.2 cm³/mol. The van der Waals surface area contributed by atoms with E-state index >= 15 is 0 Å². The van der Waals surface area contributed by atoms with Crippen LogP contribution in [0.15, 0.2) is 29.2 Å². The van der Waals surface area contributed by atoms with Crippen molar-refractivity contribution in [1.29, 1.82) is 0 Å². The molecule has 1 aromatic carbocycles. The van der Waals surface area contributed by atoms with Gasteiger partial charge in [-0.25, -0.2) is 8.42 Å². The Hall–Kier alpha value is -1.12. The van der Waals surface area contributed by atoms with Crippen LogP contribution in [0.3, 0.4) is 0 Å². The standard InChI is InChI=1S/C18H25F3N2O2S/c1-14-5-9-22(10-6-14)16-7-11-23(12-8-16)26(24,25)17-4-2-3-15(13-17)18(19,20)21/h2-4,13-14,16H,5-12H2,1H3. The summed E-state index contributed by atoms with van der Waals surface area (Å²) in [5.41, 5.74) is -0.934. The zero-order chi connectivity index (χ0) is 18.9. The topological polar surface area (TPSA) is 40.6 Å². The molecule has 0 saturated carbocycles. The van der Waals surface area contributed by atoms with E-state index < -0.39 is 21.8 Å². The first-order chi connectivity index (χ1) is 12.2. The highest BCUT2D eigenvalue weighted by molar-refractivity contribution is 7.89. The molecule has 0 bridgehead atoms. The number of hydrogen-bond donors (Lipinski definition) is 0. The second kappa shape index (κ2) is 7.48. The highest BCUT2D eigenvalue weighted by atomic mass is 32.2. The summed E-state index contributed by atoms with van der Waals surface area (Å²) in [7, 11) is -3.89. The highest BCUT2D eigenvalue weighted by Crippen LogP contribution is 2.32. The van der Waals surface area contributed by atoms with Gasteiger partial charge in [0, 0.05) is 19.1 Å². The molecule has 0 atom stereocenters. The van der Waals surface area contributed by atoms with E-state index in [2.05, 4.69) is 11.8 Å². The molecule has 2 fully saturated rings. The van der Waals surface area contributed by atoms with Crippen LogP contribution in [-0.4, -0.2) is 49.8 Å². The van der Waals surface area contributed by atoms with E-state index in [0.717, 1.165) is 50.0 Å². The van der Waals surface area contributed by atoms with Crippen molar-refractivity contribution in [1.82, 2.24) is 9.21 Å². The van der Waals surface area contributed by atoms with Crippen LogP contribution >= 0.6 is 0 Å². The Balaban J connectivity index is 1.67. The lowest BCUT2D eigenvalue weighted by Gasteiger charge is -2.41. The molecule has 2 saturated heterocycles. The number of sulfonamides is 1. The van der Waals surface area contributed by atoms with Crippen LogP contribution in [0.25, 0.3) is 0 Å². The second-order valence-corrected chi connectivity index (χ2v) is 9.32. The van der Waals surface area contributed by atoms with E-state index in [9.17, 15) is 21.6 Å². The summed E-state index contributed by atoms with van der Waals surface area (Å²) < 4.78 is 65.4. The number of alkyl halides is 3. The van der Waals surface area contributed by atoms with Gasteiger partial charge in [-0.15, -0.1) is 0 Å². The molecular weight excluding hydrogens is 365 g/mol. The van der Waals surface area contributed by atoms with E-state index in [1.54, 1.807) is 0 Å². The van der Waals surface area contributed by atoms with Crippen molar-refractivity contribution < 1.29 is 21.6 Å². The Labute approximate surface area is 153 Å². The minimum atomic E-state index is -4.55. The van der Waals surface area contributed by atoms with Crippen molar-refractivity contribution in [2.75, 3.05) is 26.2 Å². The van der Waals surface area contributed by atoms with Crippen molar-refractivity contribution in [2.24, 2.45) is 5.92 Å². The molecule has 3 rings (SSSR count). The van der Waals surface area contributed by atoms with Crippen LogP contribution in [0.2, 0.25) is 0 Å². The van der Waals surface area contributed by atoms with E-state index in [0.29, 0.717) is 19.1 Å². The van der Waals surface area contributed by atoms with E-state index in [4.69, 9.17) is 0 Å². The molecule has 26 heavy (non-hydrogen) atoms. The molecule has 2 aliphatic heterocycles. The number of rotatable bonds is 3. The smallest absolute Gasteiger partial charge is 0.300 e. The maximum atomic E-state index is 12.9. The van der Waals surface area contributed by atoms with Gasteiger partial charge in [0.1, 0.15) is 0 Å². The zero-order valence-electron chi connectivity index (χ0n) is 14.9. The second-order valence-electron chi connectivity index (χ2n) is 7.38. The minimum absolute atomic E-state index is 0.280. The third-order valence-electron chi connectivity index (χ3n) is 5.56. The number of piperidine rings is 2. The third-order valence-corrected chi connectivity index (χ3v) is 7.45.